The van der Waals surface area contributed by atoms with Crippen LogP contribution in [0, 0.1) is 0 Å². The maximum atomic E-state index is 12.3. The second-order valence-corrected chi connectivity index (χ2v) is 8.96. The Balaban J connectivity index is 1.93. The van der Waals surface area contributed by atoms with Gasteiger partial charge in [-0.15, -0.1) is 0 Å². The van der Waals surface area contributed by atoms with E-state index in [1.54, 1.807) is 50.6 Å². The van der Waals surface area contributed by atoms with Crippen LogP contribution in [0.25, 0.3) is 12.2 Å². The zero-order valence-corrected chi connectivity index (χ0v) is 23.1. The van der Waals surface area contributed by atoms with Crippen LogP contribution in [0.3, 0.4) is 0 Å². The summed E-state index contributed by atoms with van der Waals surface area (Å²) < 4.78 is 22.1. The lowest BCUT2D eigenvalue weighted by Gasteiger charge is -2.10. The first-order valence-electron chi connectivity index (χ1n) is 11.2. The van der Waals surface area contributed by atoms with E-state index in [0.717, 1.165) is 34.6 Å². The quantitative estimate of drug-likeness (QED) is 0.0964. The zero-order valence-electron chi connectivity index (χ0n) is 19.9. The summed E-state index contributed by atoms with van der Waals surface area (Å²) in [6.45, 7) is 1.15. The lowest BCUT2D eigenvalue weighted by molar-refractivity contribution is -0.121. The van der Waals surface area contributed by atoms with Crippen LogP contribution in [-0.2, 0) is 9.59 Å². The molecule has 188 valence electrons. The lowest BCUT2D eigenvalue weighted by atomic mass is 10.1. The Hall–Kier alpha value is -2.58. The van der Waals surface area contributed by atoms with Crippen molar-refractivity contribution in [1.82, 2.24) is 0 Å². The molecule has 35 heavy (non-hydrogen) atoms. The molecule has 8 heteroatoms. The summed E-state index contributed by atoms with van der Waals surface area (Å²) in [5.74, 6) is 1.89. The standard InChI is InChI=1S/C27H30Br2O6/c1-32-26-17-20(7-11-24(26)34-15-3-13-28)5-9-22(30)19-23(31)10-6-21-8-12-25(27(18-21)33-2)35-16-4-14-29/h5-12,17-18H,3-4,13-16,19H2,1-2H3/b9-5+,10-6+. The molecule has 0 atom stereocenters. The third-order valence-corrected chi connectivity index (χ3v) is 5.84. The monoisotopic (exact) mass is 608 g/mol. The number of methoxy groups -OCH3 is 2. The van der Waals surface area contributed by atoms with Crippen molar-refractivity contribution >= 4 is 55.6 Å². The molecule has 0 saturated heterocycles. The van der Waals surface area contributed by atoms with Gasteiger partial charge in [0.1, 0.15) is 0 Å². The molecule has 0 amide bonds. The van der Waals surface area contributed by atoms with Gasteiger partial charge < -0.3 is 18.9 Å². The van der Waals surface area contributed by atoms with E-state index in [4.69, 9.17) is 18.9 Å². The number of carbonyl (C=O) groups excluding carboxylic acids is 2. The zero-order chi connectivity index (χ0) is 25.5. The maximum Gasteiger partial charge on any atom is 0.163 e. The van der Waals surface area contributed by atoms with Crippen LogP contribution >= 0.6 is 31.9 Å². The van der Waals surface area contributed by atoms with Crippen LogP contribution in [0.1, 0.15) is 30.4 Å². The predicted molar refractivity (Wildman–Crippen MR) is 146 cm³/mol. The molecule has 0 fully saturated rings. The van der Waals surface area contributed by atoms with E-state index in [2.05, 4.69) is 31.9 Å². The number of hydrogen-bond donors (Lipinski definition) is 0. The Labute approximate surface area is 223 Å². The van der Waals surface area contributed by atoms with Gasteiger partial charge in [-0.2, -0.15) is 0 Å². The first-order chi connectivity index (χ1) is 17.0. The van der Waals surface area contributed by atoms with Crippen molar-refractivity contribution in [2.45, 2.75) is 19.3 Å². The Morgan fingerprint density at radius 2 is 1.14 bits per heavy atom. The lowest BCUT2D eigenvalue weighted by Crippen LogP contribution is -2.02. The van der Waals surface area contributed by atoms with Gasteiger partial charge in [0.15, 0.2) is 34.6 Å². The average Bonchev–Trinajstić information content (AvgIpc) is 2.87. The number of ketones is 2. The van der Waals surface area contributed by atoms with Crippen molar-refractivity contribution in [2.75, 3.05) is 38.1 Å². The Morgan fingerprint density at radius 3 is 1.51 bits per heavy atom. The summed E-state index contributed by atoms with van der Waals surface area (Å²) in [6, 6.07) is 10.8. The minimum Gasteiger partial charge on any atom is -0.493 e. The molecule has 2 rings (SSSR count). The molecule has 0 unspecified atom stereocenters. The van der Waals surface area contributed by atoms with Gasteiger partial charge in [0.25, 0.3) is 0 Å². The number of alkyl halides is 2. The number of hydrogen-bond acceptors (Lipinski definition) is 6. The molecular formula is C27H30Br2O6. The van der Waals surface area contributed by atoms with Crippen molar-refractivity contribution in [2.24, 2.45) is 0 Å². The van der Waals surface area contributed by atoms with Crippen LogP contribution in [0.15, 0.2) is 48.6 Å². The second-order valence-electron chi connectivity index (χ2n) is 7.38. The fourth-order valence-corrected chi connectivity index (χ4v) is 3.41. The molecule has 2 aromatic rings. The van der Waals surface area contributed by atoms with Crippen molar-refractivity contribution in [3.63, 3.8) is 0 Å². The average molecular weight is 610 g/mol. The van der Waals surface area contributed by atoms with Crippen LogP contribution in [-0.4, -0.2) is 49.7 Å². The molecule has 0 N–H and O–H groups in total. The number of allylic oxidation sites excluding steroid dienone is 2. The highest BCUT2D eigenvalue weighted by atomic mass is 79.9. The van der Waals surface area contributed by atoms with Gasteiger partial charge in [0.2, 0.25) is 0 Å². The molecule has 0 aliphatic rings. The van der Waals surface area contributed by atoms with Gasteiger partial charge in [-0.25, -0.2) is 0 Å². The Kier molecular flexibility index (Phi) is 13.2. The van der Waals surface area contributed by atoms with Crippen LogP contribution < -0.4 is 18.9 Å². The van der Waals surface area contributed by atoms with Gasteiger partial charge in [-0.3, -0.25) is 9.59 Å². The van der Waals surface area contributed by atoms with Gasteiger partial charge in [-0.1, -0.05) is 56.1 Å². The summed E-state index contributed by atoms with van der Waals surface area (Å²) in [5.41, 5.74) is 1.55. The van der Waals surface area contributed by atoms with Crippen molar-refractivity contribution in [3.8, 4) is 23.0 Å². The van der Waals surface area contributed by atoms with Crippen molar-refractivity contribution < 1.29 is 28.5 Å². The number of halogens is 2. The summed E-state index contributed by atoms with van der Waals surface area (Å²) in [6.07, 6.45) is 7.65. The molecule has 2 aromatic carbocycles. The van der Waals surface area contributed by atoms with E-state index in [1.807, 2.05) is 12.1 Å². The Morgan fingerprint density at radius 1 is 0.714 bits per heavy atom. The number of carbonyl (C=O) groups is 2. The first kappa shape index (κ1) is 28.7. The van der Waals surface area contributed by atoms with E-state index < -0.39 is 0 Å². The summed E-state index contributed by atoms with van der Waals surface area (Å²) in [5, 5.41) is 1.72. The van der Waals surface area contributed by atoms with Crippen LogP contribution in [0.4, 0.5) is 0 Å². The molecule has 0 bridgehead atoms. The Bertz CT molecular complexity index is 951. The minimum atomic E-state index is -0.288. The summed E-state index contributed by atoms with van der Waals surface area (Å²) in [4.78, 5) is 24.5. The van der Waals surface area contributed by atoms with Gasteiger partial charge in [0, 0.05) is 10.7 Å². The molecule has 0 aliphatic heterocycles. The molecule has 0 radical (unpaired) electrons. The molecule has 0 saturated carbocycles. The highest BCUT2D eigenvalue weighted by Crippen LogP contribution is 2.29. The van der Waals surface area contributed by atoms with Crippen LogP contribution in [0.5, 0.6) is 23.0 Å². The normalized spacial score (nSPS) is 11.1. The van der Waals surface area contributed by atoms with E-state index in [0.29, 0.717) is 36.2 Å². The molecular weight excluding hydrogens is 580 g/mol. The van der Waals surface area contributed by atoms with E-state index in [1.165, 1.54) is 12.2 Å². The van der Waals surface area contributed by atoms with E-state index >= 15 is 0 Å². The third kappa shape index (κ3) is 10.3. The van der Waals surface area contributed by atoms with Gasteiger partial charge >= 0.3 is 0 Å². The van der Waals surface area contributed by atoms with Gasteiger partial charge in [0.05, 0.1) is 33.9 Å². The summed E-state index contributed by atoms with van der Waals surface area (Å²) >= 11 is 6.74. The number of benzene rings is 2. The highest BCUT2D eigenvalue weighted by molar-refractivity contribution is 9.09. The SMILES string of the molecule is COc1cc(/C=C/C(=O)CC(=O)/C=C/c2ccc(OCCCBr)c(OC)c2)ccc1OCCCBr. The largest absolute Gasteiger partial charge is 0.493 e. The molecule has 6 nitrogen and oxygen atoms in total. The number of rotatable bonds is 16. The van der Waals surface area contributed by atoms with Crippen LogP contribution in [0.2, 0.25) is 0 Å². The predicted octanol–water partition coefficient (Wildman–Crippen LogP) is 6.29. The molecule has 0 aromatic heterocycles. The smallest absolute Gasteiger partial charge is 0.163 e. The number of ether oxygens (including phenoxy) is 4. The molecule has 0 heterocycles. The van der Waals surface area contributed by atoms with Crippen molar-refractivity contribution in [1.29, 1.82) is 0 Å². The van der Waals surface area contributed by atoms with Gasteiger partial charge in [-0.05, 0) is 60.4 Å². The molecule has 0 aliphatic carbocycles. The van der Waals surface area contributed by atoms with E-state index in [9.17, 15) is 9.59 Å². The maximum absolute atomic E-state index is 12.3. The molecule has 0 spiro atoms. The summed E-state index contributed by atoms with van der Waals surface area (Å²) in [7, 11) is 3.13. The topological polar surface area (TPSA) is 71.1 Å². The fraction of sp³-hybridized carbons (Fsp3) is 0.333. The third-order valence-electron chi connectivity index (χ3n) is 4.72. The van der Waals surface area contributed by atoms with Crippen molar-refractivity contribution in [3.05, 3.63) is 59.7 Å². The highest BCUT2D eigenvalue weighted by Gasteiger charge is 2.08. The second kappa shape index (κ2) is 16.2. The minimum absolute atomic E-state index is 0.219. The first-order valence-corrected chi connectivity index (χ1v) is 13.4. The van der Waals surface area contributed by atoms with E-state index in [-0.39, 0.29) is 18.0 Å². The fourth-order valence-electron chi connectivity index (χ4n) is 2.96.